The molecule has 0 bridgehead atoms. The Balaban J connectivity index is 0.00000220. The molecule has 1 N–H and O–H groups in total. The summed E-state index contributed by atoms with van der Waals surface area (Å²) < 4.78 is 5.20. The van der Waals surface area contributed by atoms with Crippen molar-refractivity contribution in [2.24, 2.45) is 0 Å². The van der Waals surface area contributed by atoms with Crippen molar-refractivity contribution in [1.29, 1.82) is 0 Å². The van der Waals surface area contributed by atoms with Gasteiger partial charge >= 0.3 is 5.97 Å². The van der Waals surface area contributed by atoms with Crippen molar-refractivity contribution in [3.63, 3.8) is 0 Å². The number of ether oxygens (including phenoxy) is 1. The van der Waals surface area contributed by atoms with Gasteiger partial charge in [0.1, 0.15) is 5.75 Å². The molecule has 1 aliphatic rings. The number of hydrogen-bond acceptors (Lipinski definition) is 4. The van der Waals surface area contributed by atoms with Gasteiger partial charge in [0.05, 0.1) is 0 Å². The van der Waals surface area contributed by atoms with Crippen molar-refractivity contribution >= 4 is 30.8 Å². The number of carbonyl (C=O) groups excluding carboxylic acids is 1. The topological polar surface area (TPSA) is 41.6 Å². The quantitative estimate of drug-likeness (QED) is 0.655. The van der Waals surface area contributed by atoms with E-state index in [1.54, 1.807) is 0 Å². The molecular weight excluding hydrogens is 323 g/mol. The van der Waals surface area contributed by atoms with E-state index in [1.165, 1.54) is 12.5 Å². The standard InChI is InChI=1S/C16H24N2O2.2ClH/c1-3-5-16(18-10-8-17-9-11-18)14-6-4-7-15(12-14)20-13(2)19;;/h4,6-7,12,16-17H,3,5,8-11H2,1-2H3;2*1H/t16-;;/m1../s1. The lowest BCUT2D eigenvalue weighted by molar-refractivity contribution is -0.131. The summed E-state index contributed by atoms with van der Waals surface area (Å²) in [5.74, 6) is 0.377. The molecule has 6 heteroatoms. The zero-order chi connectivity index (χ0) is 14.4. The van der Waals surface area contributed by atoms with Gasteiger partial charge in [0.15, 0.2) is 0 Å². The summed E-state index contributed by atoms with van der Waals surface area (Å²) in [6.45, 7) is 7.89. The van der Waals surface area contributed by atoms with Crippen LogP contribution in [0.25, 0.3) is 0 Å². The van der Waals surface area contributed by atoms with Gasteiger partial charge in [0, 0.05) is 39.1 Å². The van der Waals surface area contributed by atoms with Crippen LogP contribution in [0.4, 0.5) is 0 Å². The van der Waals surface area contributed by atoms with E-state index in [0.717, 1.165) is 39.0 Å². The van der Waals surface area contributed by atoms with Gasteiger partial charge in [-0.05, 0) is 24.1 Å². The van der Waals surface area contributed by atoms with Crippen LogP contribution in [0.15, 0.2) is 24.3 Å². The number of esters is 1. The predicted octanol–water partition coefficient (Wildman–Crippen LogP) is 3.20. The molecule has 1 fully saturated rings. The van der Waals surface area contributed by atoms with E-state index in [1.807, 2.05) is 18.2 Å². The summed E-state index contributed by atoms with van der Waals surface area (Å²) in [6.07, 6.45) is 2.27. The summed E-state index contributed by atoms with van der Waals surface area (Å²) in [5.41, 5.74) is 1.24. The number of piperazine rings is 1. The molecule has 2 rings (SSSR count). The van der Waals surface area contributed by atoms with Crippen molar-refractivity contribution in [2.45, 2.75) is 32.7 Å². The van der Waals surface area contributed by atoms with Crippen LogP contribution in [-0.4, -0.2) is 37.0 Å². The molecule has 126 valence electrons. The molecule has 0 saturated carbocycles. The molecule has 1 saturated heterocycles. The van der Waals surface area contributed by atoms with Crippen molar-refractivity contribution in [1.82, 2.24) is 10.2 Å². The van der Waals surface area contributed by atoms with E-state index in [-0.39, 0.29) is 30.8 Å². The van der Waals surface area contributed by atoms with Gasteiger partial charge in [0.2, 0.25) is 0 Å². The van der Waals surface area contributed by atoms with E-state index in [0.29, 0.717) is 11.8 Å². The van der Waals surface area contributed by atoms with Crippen LogP contribution in [0.5, 0.6) is 5.75 Å². The first-order valence-corrected chi connectivity index (χ1v) is 7.44. The van der Waals surface area contributed by atoms with Gasteiger partial charge in [-0.3, -0.25) is 9.69 Å². The summed E-state index contributed by atoms with van der Waals surface area (Å²) >= 11 is 0. The second kappa shape index (κ2) is 10.8. The first-order chi connectivity index (χ1) is 9.70. The first-order valence-electron chi connectivity index (χ1n) is 7.44. The van der Waals surface area contributed by atoms with Gasteiger partial charge in [-0.1, -0.05) is 25.5 Å². The number of rotatable bonds is 5. The number of halogens is 2. The number of nitrogens with zero attached hydrogens (tertiary/aromatic N) is 1. The smallest absolute Gasteiger partial charge is 0.308 e. The Morgan fingerprint density at radius 1 is 1.32 bits per heavy atom. The second-order valence-electron chi connectivity index (χ2n) is 5.26. The number of hydrogen-bond donors (Lipinski definition) is 1. The van der Waals surface area contributed by atoms with Crippen molar-refractivity contribution in [3.8, 4) is 5.75 Å². The Kier molecular flexibility index (Phi) is 10.4. The summed E-state index contributed by atoms with van der Waals surface area (Å²) in [5, 5.41) is 3.39. The molecule has 0 radical (unpaired) electrons. The molecule has 22 heavy (non-hydrogen) atoms. The Bertz CT molecular complexity index is 452. The van der Waals surface area contributed by atoms with E-state index >= 15 is 0 Å². The molecule has 0 unspecified atom stereocenters. The molecular formula is C16H26Cl2N2O2. The fourth-order valence-electron chi connectivity index (χ4n) is 2.78. The third-order valence-electron chi connectivity index (χ3n) is 3.66. The zero-order valence-electron chi connectivity index (χ0n) is 13.2. The molecule has 1 atom stereocenters. The van der Waals surface area contributed by atoms with Gasteiger partial charge < -0.3 is 10.1 Å². The number of carbonyl (C=O) groups is 1. The Labute approximate surface area is 145 Å². The van der Waals surface area contributed by atoms with Gasteiger partial charge in [0.25, 0.3) is 0 Å². The van der Waals surface area contributed by atoms with Crippen LogP contribution in [0.3, 0.4) is 0 Å². The zero-order valence-corrected chi connectivity index (χ0v) is 14.8. The fraction of sp³-hybridized carbons (Fsp3) is 0.562. The van der Waals surface area contributed by atoms with Gasteiger partial charge in [-0.25, -0.2) is 0 Å². The van der Waals surface area contributed by atoms with Gasteiger partial charge in [-0.2, -0.15) is 0 Å². The molecule has 0 aromatic heterocycles. The highest BCUT2D eigenvalue weighted by atomic mass is 35.5. The number of nitrogens with one attached hydrogen (secondary N) is 1. The van der Waals surface area contributed by atoms with Crippen LogP contribution in [0.1, 0.15) is 38.3 Å². The first kappa shape index (κ1) is 21.2. The molecule has 0 spiro atoms. The lowest BCUT2D eigenvalue weighted by atomic mass is 9.99. The highest BCUT2D eigenvalue weighted by molar-refractivity contribution is 5.85. The van der Waals surface area contributed by atoms with E-state index < -0.39 is 0 Å². The highest BCUT2D eigenvalue weighted by Crippen LogP contribution is 2.28. The SMILES string of the molecule is CCC[C@H](c1cccc(OC(C)=O)c1)N1CCNCC1.Cl.Cl. The maximum atomic E-state index is 11.1. The predicted molar refractivity (Wildman–Crippen MR) is 94.3 cm³/mol. The van der Waals surface area contributed by atoms with Gasteiger partial charge in [-0.15, -0.1) is 24.8 Å². The van der Waals surface area contributed by atoms with E-state index in [2.05, 4.69) is 23.2 Å². The molecule has 1 aliphatic heterocycles. The Morgan fingerprint density at radius 2 is 2.00 bits per heavy atom. The van der Waals surface area contributed by atoms with Crippen molar-refractivity contribution < 1.29 is 9.53 Å². The Morgan fingerprint density at radius 3 is 2.59 bits per heavy atom. The minimum Gasteiger partial charge on any atom is -0.427 e. The van der Waals surface area contributed by atoms with Crippen molar-refractivity contribution in [2.75, 3.05) is 26.2 Å². The van der Waals surface area contributed by atoms with Crippen molar-refractivity contribution in [3.05, 3.63) is 29.8 Å². The minimum atomic E-state index is -0.267. The second-order valence-corrected chi connectivity index (χ2v) is 5.26. The maximum Gasteiger partial charge on any atom is 0.308 e. The highest BCUT2D eigenvalue weighted by Gasteiger charge is 2.21. The molecule has 1 heterocycles. The lowest BCUT2D eigenvalue weighted by Crippen LogP contribution is -2.45. The largest absolute Gasteiger partial charge is 0.427 e. The molecule has 1 aromatic carbocycles. The van der Waals surface area contributed by atoms with E-state index in [9.17, 15) is 4.79 Å². The molecule has 4 nitrogen and oxygen atoms in total. The summed E-state index contributed by atoms with van der Waals surface area (Å²) in [7, 11) is 0. The molecule has 0 aliphatic carbocycles. The lowest BCUT2D eigenvalue weighted by Gasteiger charge is -2.35. The number of benzene rings is 1. The van der Waals surface area contributed by atoms with E-state index in [4.69, 9.17) is 4.74 Å². The minimum absolute atomic E-state index is 0. The summed E-state index contributed by atoms with van der Waals surface area (Å²) in [6, 6.07) is 8.36. The van der Waals surface area contributed by atoms with Crippen LogP contribution in [0.2, 0.25) is 0 Å². The summed E-state index contributed by atoms with van der Waals surface area (Å²) in [4.78, 5) is 13.6. The van der Waals surface area contributed by atoms with Crippen LogP contribution < -0.4 is 10.1 Å². The third kappa shape index (κ3) is 6.13. The average Bonchev–Trinajstić information content (AvgIpc) is 2.45. The Hall–Kier alpha value is -0.810. The normalized spacial score (nSPS) is 16.1. The average molecular weight is 349 g/mol. The van der Waals surface area contributed by atoms with Crippen LogP contribution >= 0.6 is 24.8 Å². The molecule has 1 aromatic rings. The fourth-order valence-corrected chi connectivity index (χ4v) is 2.78. The molecule has 0 amide bonds. The van der Waals surface area contributed by atoms with Crippen LogP contribution in [0, 0.1) is 0 Å². The third-order valence-corrected chi connectivity index (χ3v) is 3.66. The van der Waals surface area contributed by atoms with Crippen LogP contribution in [-0.2, 0) is 4.79 Å². The monoisotopic (exact) mass is 348 g/mol. The maximum absolute atomic E-state index is 11.1.